The molecule has 7 nitrogen and oxygen atoms in total. The standard InChI is InChI=1S/C29H36N4O3/c1-5-32(6-2)16-17-35-24-14-15-25-26(19-30)28(33(27(25)18-24)23-8-7-9-23)21-10-12-22(13-11-21)31-29(34)36-20(3)4/h10-15,18,20,23H,5-9,16-17H2,1-4H3,(H,31,34). The third-order valence-corrected chi connectivity index (χ3v) is 6.85. The number of nitrogens with zero attached hydrogens (tertiary/aromatic N) is 3. The minimum atomic E-state index is -0.479. The number of hydrogen-bond donors (Lipinski definition) is 1. The van der Waals surface area contributed by atoms with Gasteiger partial charge in [-0.05, 0) is 76.0 Å². The number of nitriles is 1. The van der Waals surface area contributed by atoms with E-state index in [9.17, 15) is 10.1 Å². The average Bonchev–Trinajstić information content (AvgIpc) is 3.14. The van der Waals surface area contributed by atoms with Crippen LogP contribution in [0.3, 0.4) is 0 Å². The predicted octanol–water partition coefficient (Wildman–Crippen LogP) is 6.58. The molecule has 1 aliphatic carbocycles. The first kappa shape index (κ1) is 25.6. The van der Waals surface area contributed by atoms with Gasteiger partial charge in [-0.3, -0.25) is 5.32 Å². The first-order valence-corrected chi connectivity index (χ1v) is 13.0. The van der Waals surface area contributed by atoms with Gasteiger partial charge in [0.15, 0.2) is 0 Å². The molecule has 0 atom stereocenters. The second-order valence-corrected chi connectivity index (χ2v) is 9.50. The van der Waals surface area contributed by atoms with Gasteiger partial charge >= 0.3 is 6.09 Å². The van der Waals surface area contributed by atoms with Gasteiger partial charge in [0.05, 0.1) is 22.9 Å². The molecule has 1 aliphatic rings. The third-order valence-electron chi connectivity index (χ3n) is 6.85. The van der Waals surface area contributed by atoms with Crippen LogP contribution in [-0.4, -0.2) is 47.9 Å². The molecule has 0 saturated heterocycles. The quantitative estimate of drug-likeness (QED) is 0.349. The molecule has 1 aromatic heterocycles. The molecule has 7 heteroatoms. The second-order valence-electron chi connectivity index (χ2n) is 9.50. The summed E-state index contributed by atoms with van der Waals surface area (Å²) in [6, 6.07) is 16.5. The Morgan fingerprint density at radius 1 is 1.17 bits per heavy atom. The number of fused-ring (bicyclic) bond motifs is 1. The Morgan fingerprint density at radius 3 is 2.47 bits per heavy atom. The van der Waals surface area contributed by atoms with Gasteiger partial charge in [0.2, 0.25) is 0 Å². The number of aromatic nitrogens is 1. The van der Waals surface area contributed by atoms with Gasteiger partial charge in [0.25, 0.3) is 0 Å². The molecule has 0 spiro atoms. The average molecular weight is 489 g/mol. The van der Waals surface area contributed by atoms with E-state index >= 15 is 0 Å². The van der Waals surface area contributed by atoms with E-state index < -0.39 is 6.09 Å². The van der Waals surface area contributed by atoms with Gasteiger partial charge in [-0.25, -0.2) is 4.79 Å². The van der Waals surface area contributed by atoms with Crippen molar-refractivity contribution in [1.29, 1.82) is 5.26 Å². The lowest BCUT2D eigenvalue weighted by Crippen LogP contribution is -2.27. The molecule has 1 saturated carbocycles. The lowest BCUT2D eigenvalue weighted by atomic mass is 9.92. The molecule has 1 N–H and O–H groups in total. The first-order valence-electron chi connectivity index (χ1n) is 13.0. The van der Waals surface area contributed by atoms with Crippen molar-refractivity contribution in [1.82, 2.24) is 9.47 Å². The highest BCUT2D eigenvalue weighted by atomic mass is 16.6. The van der Waals surface area contributed by atoms with Gasteiger partial charge < -0.3 is 18.9 Å². The monoisotopic (exact) mass is 488 g/mol. The smallest absolute Gasteiger partial charge is 0.411 e. The van der Waals surface area contributed by atoms with E-state index in [-0.39, 0.29) is 6.10 Å². The Balaban J connectivity index is 1.67. The molecule has 3 aromatic rings. The molecule has 0 unspecified atom stereocenters. The lowest BCUT2D eigenvalue weighted by Gasteiger charge is -2.30. The molecule has 4 rings (SSSR count). The van der Waals surface area contributed by atoms with E-state index in [1.54, 1.807) is 0 Å². The maximum atomic E-state index is 12.0. The zero-order chi connectivity index (χ0) is 25.7. The molecular formula is C29H36N4O3. The van der Waals surface area contributed by atoms with Crippen LogP contribution in [0.5, 0.6) is 5.75 Å². The fourth-order valence-electron chi connectivity index (χ4n) is 4.71. The number of likely N-dealkylation sites (N-methyl/N-ethyl adjacent to an activating group) is 1. The Bertz CT molecular complexity index is 1230. The summed E-state index contributed by atoms with van der Waals surface area (Å²) in [4.78, 5) is 14.3. The summed E-state index contributed by atoms with van der Waals surface area (Å²) in [6.45, 7) is 11.5. The number of benzene rings is 2. The predicted molar refractivity (Wildman–Crippen MR) is 143 cm³/mol. The Kier molecular flexibility index (Phi) is 8.17. The van der Waals surface area contributed by atoms with Crippen LogP contribution in [0.15, 0.2) is 42.5 Å². The third kappa shape index (κ3) is 5.50. The molecule has 1 fully saturated rings. The molecule has 0 radical (unpaired) electrons. The topological polar surface area (TPSA) is 79.5 Å². The number of anilines is 1. The molecular weight excluding hydrogens is 452 g/mol. The minimum Gasteiger partial charge on any atom is -0.492 e. The van der Waals surface area contributed by atoms with E-state index in [0.29, 0.717) is 23.9 Å². The number of hydrogen-bond acceptors (Lipinski definition) is 5. The molecule has 36 heavy (non-hydrogen) atoms. The van der Waals surface area contributed by atoms with Gasteiger partial charge in [0.1, 0.15) is 18.4 Å². The van der Waals surface area contributed by atoms with Crippen molar-refractivity contribution in [3.8, 4) is 23.1 Å². The van der Waals surface area contributed by atoms with Crippen LogP contribution in [0.25, 0.3) is 22.2 Å². The molecule has 0 bridgehead atoms. The van der Waals surface area contributed by atoms with Crippen LogP contribution in [0.1, 0.15) is 58.6 Å². The summed E-state index contributed by atoms with van der Waals surface area (Å²) < 4.78 is 13.6. The molecule has 0 aliphatic heterocycles. The van der Waals surface area contributed by atoms with Crippen molar-refractivity contribution in [2.24, 2.45) is 0 Å². The zero-order valence-corrected chi connectivity index (χ0v) is 21.7. The molecule has 1 amide bonds. The minimum absolute atomic E-state index is 0.188. The number of amides is 1. The molecule has 2 aromatic carbocycles. The highest BCUT2D eigenvalue weighted by Gasteiger charge is 2.28. The maximum absolute atomic E-state index is 12.0. The van der Waals surface area contributed by atoms with E-state index in [1.807, 2.05) is 50.2 Å². The van der Waals surface area contributed by atoms with Crippen LogP contribution in [0.2, 0.25) is 0 Å². The van der Waals surface area contributed by atoms with Gasteiger partial charge in [-0.2, -0.15) is 5.26 Å². The summed E-state index contributed by atoms with van der Waals surface area (Å²) in [5, 5.41) is 13.9. The fraction of sp³-hybridized carbons (Fsp3) is 0.448. The van der Waals surface area contributed by atoms with Crippen molar-refractivity contribution in [3.05, 3.63) is 48.0 Å². The summed E-state index contributed by atoms with van der Waals surface area (Å²) in [5.41, 5.74) is 4.23. The largest absolute Gasteiger partial charge is 0.492 e. The number of ether oxygens (including phenoxy) is 2. The summed E-state index contributed by atoms with van der Waals surface area (Å²) in [5.74, 6) is 0.826. The number of nitrogens with one attached hydrogen (secondary N) is 1. The van der Waals surface area contributed by atoms with Crippen molar-refractivity contribution in [2.75, 3.05) is 31.6 Å². The molecule has 1 heterocycles. The van der Waals surface area contributed by atoms with Crippen molar-refractivity contribution in [2.45, 2.75) is 59.1 Å². The van der Waals surface area contributed by atoms with Crippen LogP contribution < -0.4 is 10.1 Å². The maximum Gasteiger partial charge on any atom is 0.411 e. The SMILES string of the molecule is CCN(CC)CCOc1ccc2c(C#N)c(-c3ccc(NC(=O)OC(C)C)cc3)n(C3CCC3)c2c1. The van der Waals surface area contributed by atoms with Gasteiger partial charge in [-0.1, -0.05) is 26.0 Å². The molecule has 190 valence electrons. The summed E-state index contributed by atoms with van der Waals surface area (Å²) >= 11 is 0. The van der Waals surface area contributed by atoms with E-state index in [4.69, 9.17) is 9.47 Å². The first-order chi connectivity index (χ1) is 17.4. The highest BCUT2D eigenvalue weighted by molar-refractivity contribution is 5.96. The van der Waals surface area contributed by atoms with Crippen LogP contribution >= 0.6 is 0 Å². The van der Waals surface area contributed by atoms with Crippen LogP contribution in [0, 0.1) is 11.3 Å². The van der Waals surface area contributed by atoms with E-state index in [1.165, 1.54) is 6.42 Å². The number of carbonyl (C=O) groups is 1. The summed E-state index contributed by atoms with van der Waals surface area (Å²) in [7, 11) is 0. The van der Waals surface area contributed by atoms with E-state index in [2.05, 4.69) is 40.8 Å². The van der Waals surface area contributed by atoms with E-state index in [0.717, 1.165) is 60.4 Å². The van der Waals surface area contributed by atoms with Crippen molar-refractivity contribution in [3.63, 3.8) is 0 Å². The lowest BCUT2D eigenvalue weighted by molar-refractivity contribution is 0.130. The second kappa shape index (κ2) is 11.5. The number of carbonyl (C=O) groups excluding carboxylic acids is 1. The van der Waals surface area contributed by atoms with Crippen LogP contribution in [-0.2, 0) is 4.74 Å². The fourth-order valence-corrected chi connectivity index (χ4v) is 4.71. The van der Waals surface area contributed by atoms with Gasteiger partial charge in [0, 0.05) is 29.7 Å². The Labute approximate surface area is 213 Å². The Morgan fingerprint density at radius 2 is 1.89 bits per heavy atom. The normalized spacial score (nSPS) is 13.6. The zero-order valence-electron chi connectivity index (χ0n) is 21.7. The van der Waals surface area contributed by atoms with Gasteiger partial charge in [-0.15, -0.1) is 0 Å². The van der Waals surface area contributed by atoms with Crippen molar-refractivity contribution >= 4 is 22.7 Å². The van der Waals surface area contributed by atoms with Crippen molar-refractivity contribution < 1.29 is 14.3 Å². The number of rotatable bonds is 10. The Hall–Kier alpha value is -3.50. The summed E-state index contributed by atoms with van der Waals surface area (Å²) in [6.07, 6.45) is 2.71. The highest BCUT2D eigenvalue weighted by Crippen LogP contribution is 2.43. The van der Waals surface area contributed by atoms with Crippen LogP contribution in [0.4, 0.5) is 10.5 Å².